The number of fused-ring (bicyclic) bond motifs is 1. The van der Waals surface area contributed by atoms with Gasteiger partial charge in [0.25, 0.3) is 11.8 Å². The molecule has 0 radical (unpaired) electrons. The molecule has 0 aliphatic heterocycles. The van der Waals surface area contributed by atoms with E-state index in [0.29, 0.717) is 27.9 Å². The van der Waals surface area contributed by atoms with Crippen molar-refractivity contribution in [3.05, 3.63) is 64.8 Å². The molecule has 0 saturated carbocycles. The van der Waals surface area contributed by atoms with Crippen molar-refractivity contribution in [3.63, 3.8) is 0 Å². The molecule has 6 heteroatoms. The Kier molecular flexibility index (Phi) is 4.77. The Morgan fingerprint density at radius 1 is 1.12 bits per heavy atom. The molecule has 3 N–H and O–H groups in total. The van der Waals surface area contributed by atoms with Crippen molar-refractivity contribution in [1.29, 1.82) is 0 Å². The average Bonchev–Trinajstić information content (AvgIpc) is 2.93. The Labute approximate surface area is 151 Å². The van der Waals surface area contributed by atoms with Gasteiger partial charge in [-0.2, -0.15) is 0 Å². The first-order valence-electron chi connectivity index (χ1n) is 8.28. The second-order valence-electron chi connectivity index (χ2n) is 6.24. The Bertz CT molecular complexity index is 1000. The van der Waals surface area contributed by atoms with Crippen LogP contribution in [0.15, 0.2) is 42.5 Å². The number of rotatable bonds is 4. The number of amides is 1. The third kappa shape index (κ3) is 3.07. The molecule has 1 heterocycles. The number of nitrogens with two attached hydrogens (primary N) is 1. The summed E-state index contributed by atoms with van der Waals surface area (Å²) in [5.74, 6) is 5.29. The predicted molar refractivity (Wildman–Crippen MR) is 100 cm³/mol. The zero-order chi connectivity index (χ0) is 18.8. The number of para-hydroxylation sites is 1. The fourth-order valence-electron chi connectivity index (χ4n) is 3.11. The summed E-state index contributed by atoms with van der Waals surface area (Å²) in [5.41, 5.74) is 5.73. The number of benzene rings is 2. The molecular weight excluding hydrogens is 330 g/mol. The highest BCUT2D eigenvalue weighted by molar-refractivity contribution is 6.10. The maximum Gasteiger partial charge on any atom is 0.269 e. The standard InChI is InChI=1S/C20H21N3O3/c1-12-8-9-13(2)17(10-12)26-11-18(24)23-14(3)19(20(25)22-21)15-6-4-5-7-16(15)23/h4-10H,11,21H2,1-3H3,(H,22,25). The minimum atomic E-state index is -0.430. The minimum Gasteiger partial charge on any atom is -0.483 e. The largest absolute Gasteiger partial charge is 0.483 e. The van der Waals surface area contributed by atoms with Gasteiger partial charge in [-0.3, -0.25) is 19.6 Å². The van der Waals surface area contributed by atoms with Crippen LogP contribution in [0.1, 0.15) is 32.0 Å². The number of hydrogen-bond donors (Lipinski definition) is 2. The zero-order valence-electron chi connectivity index (χ0n) is 15.0. The highest BCUT2D eigenvalue weighted by Gasteiger charge is 2.22. The third-order valence-corrected chi connectivity index (χ3v) is 4.41. The molecule has 0 atom stereocenters. The lowest BCUT2D eigenvalue weighted by atomic mass is 10.1. The number of nitrogens with zero attached hydrogens (tertiary/aromatic N) is 1. The number of nitrogen functional groups attached to an aromatic ring is 1. The van der Waals surface area contributed by atoms with Crippen LogP contribution in [0.2, 0.25) is 0 Å². The molecule has 0 bridgehead atoms. The van der Waals surface area contributed by atoms with Gasteiger partial charge < -0.3 is 4.74 Å². The molecule has 3 rings (SSSR count). The lowest BCUT2D eigenvalue weighted by molar-refractivity contribution is 0.0840. The number of aromatic nitrogens is 1. The monoisotopic (exact) mass is 351 g/mol. The Balaban J connectivity index is 1.97. The highest BCUT2D eigenvalue weighted by atomic mass is 16.5. The Hall–Kier alpha value is -3.12. The van der Waals surface area contributed by atoms with E-state index < -0.39 is 5.91 Å². The maximum absolute atomic E-state index is 12.8. The second-order valence-corrected chi connectivity index (χ2v) is 6.24. The van der Waals surface area contributed by atoms with Crippen LogP contribution in [0.25, 0.3) is 10.9 Å². The van der Waals surface area contributed by atoms with Crippen molar-refractivity contribution in [1.82, 2.24) is 9.99 Å². The van der Waals surface area contributed by atoms with Gasteiger partial charge in [0.1, 0.15) is 5.75 Å². The highest BCUT2D eigenvalue weighted by Crippen LogP contribution is 2.26. The maximum atomic E-state index is 12.8. The molecule has 134 valence electrons. The Morgan fingerprint density at radius 2 is 1.85 bits per heavy atom. The van der Waals surface area contributed by atoms with Gasteiger partial charge in [0.05, 0.1) is 11.1 Å². The van der Waals surface area contributed by atoms with Crippen molar-refractivity contribution < 1.29 is 14.3 Å². The number of hydrazine groups is 1. The number of carbonyl (C=O) groups is 2. The van der Waals surface area contributed by atoms with E-state index in [1.807, 2.05) is 44.2 Å². The topological polar surface area (TPSA) is 86.3 Å². The quantitative estimate of drug-likeness (QED) is 0.430. The van der Waals surface area contributed by atoms with Crippen LogP contribution in [-0.2, 0) is 0 Å². The van der Waals surface area contributed by atoms with E-state index in [9.17, 15) is 9.59 Å². The summed E-state index contributed by atoms with van der Waals surface area (Å²) in [7, 11) is 0. The van der Waals surface area contributed by atoms with Crippen molar-refractivity contribution in [3.8, 4) is 5.75 Å². The molecule has 0 fully saturated rings. The van der Waals surface area contributed by atoms with Crippen LogP contribution in [0.4, 0.5) is 0 Å². The molecular formula is C20H21N3O3. The molecule has 1 amide bonds. The summed E-state index contributed by atoms with van der Waals surface area (Å²) < 4.78 is 7.24. The first kappa shape index (κ1) is 17.7. The lowest BCUT2D eigenvalue weighted by Gasteiger charge is -2.11. The van der Waals surface area contributed by atoms with Crippen LogP contribution >= 0.6 is 0 Å². The molecule has 26 heavy (non-hydrogen) atoms. The molecule has 0 aliphatic rings. The van der Waals surface area contributed by atoms with E-state index in [0.717, 1.165) is 11.1 Å². The molecule has 2 aromatic carbocycles. The van der Waals surface area contributed by atoms with E-state index in [2.05, 4.69) is 5.43 Å². The molecule has 0 saturated heterocycles. The van der Waals surface area contributed by atoms with E-state index >= 15 is 0 Å². The van der Waals surface area contributed by atoms with E-state index in [1.165, 1.54) is 4.57 Å². The molecule has 0 spiro atoms. The van der Waals surface area contributed by atoms with Crippen LogP contribution < -0.4 is 16.0 Å². The van der Waals surface area contributed by atoms with E-state index in [4.69, 9.17) is 10.6 Å². The molecule has 1 aromatic heterocycles. The smallest absolute Gasteiger partial charge is 0.269 e. The second kappa shape index (κ2) is 7.01. The van der Waals surface area contributed by atoms with Crippen LogP contribution in [0.5, 0.6) is 5.75 Å². The van der Waals surface area contributed by atoms with Gasteiger partial charge in [-0.1, -0.05) is 30.3 Å². The Morgan fingerprint density at radius 3 is 2.58 bits per heavy atom. The molecule has 0 aliphatic carbocycles. The van der Waals surface area contributed by atoms with Gasteiger partial charge in [-0.05, 0) is 44.0 Å². The van der Waals surface area contributed by atoms with Crippen LogP contribution in [-0.4, -0.2) is 23.0 Å². The summed E-state index contributed by atoms with van der Waals surface area (Å²) in [4.78, 5) is 25.0. The van der Waals surface area contributed by atoms with Crippen molar-refractivity contribution in [2.75, 3.05) is 6.61 Å². The first-order valence-corrected chi connectivity index (χ1v) is 8.28. The predicted octanol–water partition coefficient (Wildman–Crippen LogP) is 2.89. The van der Waals surface area contributed by atoms with Gasteiger partial charge >= 0.3 is 0 Å². The number of ether oxygens (including phenoxy) is 1. The fourth-order valence-corrected chi connectivity index (χ4v) is 3.11. The number of nitrogens with one attached hydrogen (secondary N) is 1. The van der Waals surface area contributed by atoms with Gasteiger partial charge in [-0.25, -0.2) is 5.84 Å². The molecule has 0 unspecified atom stereocenters. The van der Waals surface area contributed by atoms with Crippen LogP contribution in [0, 0.1) is 20.8 Å². The SMILES string of the molecule is Cc1ccc(C)c(OCC(=O)n2c(C)c(C(=O)NN)c3ccccc32)c1. The number of carbonyl (C=O) groups excluding carboxylic acids is 2. The normalized spacial score (nSPS) is 10.8. The fraction of sp³-hybridized carbons (Fsp3) is 0.200. The molecule has 3 aromatic rings. The van der Waals surface area contributed by atoms with E-state index in [1.54, 1.807) is 19.1 Å². The van der Waals surface area contributed by atoms with Crippen molar-refractivity contribution in [2.24, 2.45) is 5.84 Å². The third-order valence-electron chi connectivity index (χ3n) is 4.41. The van der Waals surface area contributed by atoms with Crippen molar-refractivity contribution in [2.45, 2.75) is 20.8 Å². The number of aryl methyl sites for hydroxylation is 2. The van der Waals surface area contributed by atoms with Gasteiger partial charge in [0.15, 0.2) is 6.61 Å². The number of hydrogen-bond acceptors (Lipinski definition) is 4. The average molecular weight is 351 g/mol. The minimum absolute atomic E-state index is 0.131. The summed E-state index contributed by atoms with van der Waals surface area (Å²) in [5, 5.41) is 0.674. The van der Waals surface area contributed by atoms with E-state index in [-0.39, 0.29) is 12.5 Å². The summed E-state index contributed by atoms with van der Waals surface area (Å²) in [6, 6.07) is 13.1. The summed E-state index contributed by atoms with van der Waals surface area (Å²) in [6.45, 7) is 5.49. The summed E-state index contributed by atoms with van der Waals surface area (Å²) in [6.07, 6.45) is 0. The summed E-state index contributed by atoms with van der Waals surface area (Å²) >= 11 is 0. The van der Waals surface area contributed by atoms with Crippen LogP contribution in [0.3, 0.4) is 0 Å². The molecule has 6 nitrogen and oxygen atoms in total. The lowest BCUT2D eigenvalue weighted by Crippen LogP contribution is -2.30. The van der Waals surface area contributed by atoms with Gasteiger partial charge in [-0.15, -0.1) is 0 Å². The first-order chi connectivity index (χ1) is 12.4. The van der Waals surface area contributed by atoms with Gasteiger partial charge in [0, 0.05) is 11.1 Å². The zero-order valence-corrected chi connectivity index (χ0v) is 15.0. The van der Waals surface area contributed by atoms with Crippen molar-refractivity contribution >= 4 is 22.7 Å². The van der Waals surface area contributed by atoms with Gasteiger partial charge in [0.2, 0.25) is 0 Å².